The monoisotopic (exact) mass is 242 g/mol. The van der Waals surface area contributed by atoms with Gasteiger partial charge in [0.05, 0.1) is 11.2 Å². The van der Waals surface area contributed by atoms with Crippen molar-refractivity contribution in [2.75, 3.05) is 5.06 Å². The van der Waals surface area contributed by atoms with E-state index >= 15 is 0 Å². The summed E-state index contributed by atoms with van der Waals surface area (Å²) >= 11 is 0. The maximum Gasteiger partial charge on any atom is 0.115 e. The summed E-state index contributed by atoms with van der Waals surface area (Å²) in [6.45, 7) is 5.66. The van der Waals surface area contributed by atoms with Crippen molar-refractivity contribution in [1.82, 2.24) is 9.97 Å². The lowest BCUT2D eigenvalue weighted by atomic mass is 10.1. The predicted molar refractivity (Wildman–Crippen MR) is 70.4 cm³/mol. The number of hydroxylamine groups is 1. The first-order valence-electron chi connectivity index (χ1n) is 5.81. The maximum absolute atomic E-state index is 12.0. The molecule has 0 spiro atoms. The molecule has 1 radical (unpaired) electrons. The molecule has 2 rings (SSSR count). The van der Waals surface area contributed by atoms with Crippen LogP contribution in [0.2, 0.25) is 0 Å². The largest absolute Gasteiger partial charge is 0.244 e. The smallest absolute Gasteiger partial charge is 0.115 e. The van der Waals surface area contributed by atoms with Gasteiger partial charge < -0.3 is 0 Å². The van der Waals surface area contributed by atoms with E-state index in [9.17, 15) is 5.21 Å². The minimum atomic E-state index is -0.433. The van der Waals surface area contributed by atoms with Crippen LogP contribution in [0.3, 0.4) is 0 Å². The van der Waals surface area contributed by atoms with Crippen LogP contribution in [0.25, 0.3) is 11.1 Å². The molecule has 4 heteroatoms. The van der Waals surface area contributed by atoms with Crippen LogP contribution in [0.4, 0.5) is 5.69 Å². The maximum atomic E-state index is 12.0. The second-order valence-electron chi connectivity index (χ2n) is 5.14. The molecule has 0 aliphatic rings. The van der Waals surface area contributed by atoms with Crippen LogP contribution in [0.15, 0.2) is 43.0 Å². The van der Waals surface area contributed by atoms with Crippen LogP contribution in [-0.4, -0.2) is 15.5 Å². The molecule has 1 aromatic heterocycles. The lowest BCUT2D eigenvalue weighted by Crippen LogP contribution is -2.37. The van der Waals surface area contributed by atoms with E-state index in [0.717, 1.165) is 16.2 Å². The number of hydrogen-bond donors (Lipinski definition) is 0. The van der Waals surface area contributed by atoms with Crippen LogP contribution >= 0.6 is 0 Å². The van der Waals surface area contributed by atoms with Crippen molar-refractivity contribution in [2.24, 2.45) is 0 Å². The van der Waals surface area contributed by atoms with Gasteiger partial charge in [0.1, 0.15) is 6.33 Å². The van der Waals surface area contributed by atoms with Crippen molar-refractivity contribution >= 4 is 5.69 Å². The molecular formula is C14H16N3O. The van der Waals surface area contributed by atoms with E-state index in [2.05, 4.69) is 9.97 Å². The van der Waals surface area contributed by atoms with E-state index in [1.165, 1.54) is 6.33 Å². The summed E-state index contributed by atoms with van der Waals surface area (Å²) in [7, 11) is 0. The Kier molecular flexibility index (Phi) is 3.30. The summed E-state index contributed by atoms with van der Waals surface area (Å²) < 4.78 is 0. The summed E-state index contributed by atoms with van der Waals surface area (Å²) in [5.74, 6) is 0. The second-order valence-corrected chi connectivity index (χ2v) is 5.14. The highest BCUT2D eigenvalue weighted by atomic mass is 16.5. The Morgan fingerprint density at radius 3 is 2.00 bits per heavy atom. The fraction of sp³-hybridized carbons (Fsp3) is 0.286. The molecule has 18 heavy (non-hydrogen) atoms. The molecule has 0 atom stereocenters. The number of rotatable bonds is 2. The van der Waals surface area contributed by atoms with Gasteiger partial charge in [0, 0.05) is 18.0 Å². The van der Waals surface area contributed by atoms with Crippen molar-refractivity contribution in [3.63, 3.8) is 0 Å². The molecule has 93 valence electrons. The number of anilines is 1. The molecule has 0 amide bonds. The summed E-state index contributed by atoms with van der Waals surface area (Å²) in [5.41, 5.74) is 2.17. The van der Waals surface area contributed by atoms with Gasteiger partial charge in [0.25, 0.3) is 0 Å². The number of hydrogen-bond acceptors (Lipinski definition) is 3. The molecule has 2 aromatic rings. The van der Waals surface area contributed by atoms with Crippen LogP contribution in [-0.2, 0) is 5.21 Å². The van der Waals surface area contributed by atoms with Gasteiger partial charge in [-0.15, -0.1) is 0 Å². The third-order valence-electron chi connectivity index (χ3n) is 2.60. The van der Waals surface area contributed by atoms with Gasteiger partial charge in [-0.2, -0.15) is 0 Å². The van der Waals surface area contributed by atoms with Gasteiger partial charge >= 0.3 is 0 Å². The highest BCUT2D eigenvalue weighted by Crippen LogP contribution is 2.25. The third kappa shape index (κ3) is 2.65. The second kappa shape index (κ2) is 4.74. The van der Waals surface area contributed by atoms with Crippen LogP contribution in [0.5, 0.6) is 0 Å². The van der Waals surface area contributed by atoms with Crippen molar-refractivity contribution in [2.45, 2.75) is 26.3 Å². The molecule has 0 aliphatic heterocycles. The van der Waals surface area contributed by atoms with Crippen molar-refractivity contribution < 1.29 is 5.21 Å². The van der Waals surface area contributed by atoms with Crippen molar-refractivity contribution in [3.05, 3.63) is 43.0 Å². The molecule has 0 saturated carbocycles. The van der Waals surface area contributed by atoms with E-state index in [-0.39, 0.29) is 0 Å². The molecule has 0 unspecified atom stereocenters. The lowest BCUT2D eigenvalue weighted by molar-refractivity contribution is 0.102. The zero-order valence-electron chi connectivity index (χ0n) is 10.8. The van der Waals surface area contributed by atoms with Crippen LogP contribution in [0.1, 0.15) is 20.8 Å². The normalized spacial score (nSPS) is 11.3. The summed E-state index contributed by atoms with van der Waals surface area (Å²) in [5, 5.41) is 13.0. The minimum absolute atomic E-state index is 0.433. The predicted octanol–water partition coefficient (Wildman–Crippen LogP) is 3.09. The number of benzene rings is 1. The Labute approximate surface area is 107 Å². The first kappa shape index (κ1) is 12.5. The van der Waals surface area contributed by atoms with Crippen molar-refractivity contribution in [3.8, 4) is 11.1 Å². The highest BCUT2D eigenvalue weighted by molar-refractivity contribution is 5.64. The zero-order chi connectivity index (χ0) is 13.2. The van der Waals surface area contributed by atoms with Gasteiger partial charge in [0.15, 0.2) is 0 Å². The zero-order valence-corrected chi connectivity index (χ0v) is 10.8. The standard InChI is InChI=1S/C14H16N3O/c1-14(2,3)17(18)13-6-4-11(5-7-13)12-8-15-10-16-9-12/h4-10H,1-3H3. The van der Waals surface area contributed by atoms with Gasteiger partial charge in [0.2, 0.25) is 0 Å². The Morgan fingerprint density at radius 1 is 0.944 bits per heavy atom. The molecular weight excluding hydrogens is 226 g/mol. The number of aromatic nitrogens is 2. The van der Waals surface area contributed by atoms with Gasteiger partial charge in [-0.1, -0.05) is 17.3 Å². The van der Waals surface area contributed by atoms with Crippen molar-refractivity contribution in [1.29, 1.82) is 0 Å². The Balaban J connectivity index is 2.26. The molecule has 0 saturated heterocycles. The molecule has 0 bridgehead atoms. The topological polar surface area (TPSA) is 48.9 Å². The minimum Gasteiger partial charge on any atom is -0.244 e. The summed E-state index contributed by atoms with van der Waals surface area (Å²) in [6.07, 6.45) is 5.00. The fourth-order valence-corrected chi connectivity index (χ4v) is 1.62. The van der Waals surface area contributed by atoms with E-state index in [1.54, 1.807) is 12.4 Å². The summed E-state index contributed by atoms with van der Waals surface area (Å²) in [6, 6.07) is 7.45. The fourth-order valence-electron chi connectivity index (χ4n) is 1.62. The molecule has 1 heterocycles. The Hall–Kier alpha value is -1.94. The van der Waals surface area contributed by atoms with Gasteiger partial charge in [-0.3, -0.25) is 0 Å². The first-order chi connectivity index (χ1) is 8.48. The van der Waals surface area contributed by atoms with Gasteiger partial charge in [-0.05, 0) is 38.5 Å². The summed E-state index contributed by atoms with van der Waals surface area (Å²) in [4.78, 5) is 7.95. The Bertz CT molecular complexity index is 503. The molecule has 0 N–H and O–H groups in total. The Morgan fingerprint density at radius 2 is 1.50 bits per heavy atom. The quantitative estimate of drug-likeness (QED) is 0.760. The third-order valence-corrected chi connectivity index (χ3v) is 2.60. The van der Waals surface area contributed by atoms with Crippen LogP contribution < -0.4 is 5.06 Å². The SMILES string of the molecule is CC(C)(C)N([O])c1ccc(-c2cncnc2)cc1. The lowest BCUT2D eigenvalue weighted by Gasteiger charge is -2.28. The van der Waals surface area contributed by atoms with E-state index in [1.807, 2.05) is 45.0 Å². The van der Waals surface area contributed by atoms with E-state index < -0.39 is 5.54 Å². The molecule has 1 aromatic carbocycles. The highest BCUT2D eigenvalue weighted by Gasteiger charge is 2.21. The average molecular weight is 242 g/mol. The molecule has 4 nitrogen and oxygen atoms in total. The first-order valence-corrected chi connectivity index (χ1v) is 5.81. The van der Waals surface area contributed by atoms with E-state index in [0.29, 0.717) is 5.69 Å². The van der Waals surface area contributed by atoms with Crippen LogP contribution in [0, 0.1) is 0 Å². The van der Waals surface area contributed by atoms with Gasteiger partial charge in [-0.25, -0.2) is 15.0 Å². The van der Waals surface area contributed by atoms with E-state index in [4.69, 9.17) is 0 Å². The molecule has 0 fully saturated rings. The molecule has 0 aliphatic carbocycles. The number of nitrogens with zero attached hydrogens (tertiary/aromatic N) is 3. The average Bonchev–Trinajstić information content (AvgIpc) is 2.38.